The van der Waals surface area contributed by atoms with Gasteiger partial charge in [-0.15, -0.1) is 0 Å². The molecule has 2 rings (SSSR count). The van der Waals surface area contributed by atoms with Crippen molar-refractivity contribution in [1.82, 2.24) is 0 Å². The third kappa shape index (κ3) is 6.66. The lowest BCUT2D eigenvalue weighted by atomic mass is 9.88. The molecule has 0 N–H and O–H groups in total. The van der Waals surface area contributed by atoms with Gasteiger partial charge in [0, 0.05) is 13.1 Å². The molecule has 0 amide bonds. The molecule has 0 saturated carbocycles. The minimum absolute atomic E-state index is 0.0606. The van der Waals surface area contributed by atoms with Gasteiger partial charge in [0.15, 0.2) is 5.76 Å². The van der Waals surface area contributed by atoms with Crippen molar-refractivity contribution in [2.75, 3.05) is 7.05 Å². The maximum Gasteiger partial charge on any atom is 0.232 e. The van der Waals surface area contributed by atoms with Gasteiger partial charge in [-0.05, 0) is 61.8 Å². The SMILES string of the molecule is C=C/C=C\C(C(/C=C1\Oc2c(ccc(CC)c2CCC(CCC)CCC)C1=O)=NC)=C(C)C. The van der Waals surface area contributed by atoms with Gasteiger partial charge in [0.25, 0.3) is 0 Å². The predicted octanol–water partition coefficient (Wildman–Crippen LogP) is 8.01. The highest BCUT2D eigenvalue weighted by molar-refractivity contribution is 6.19. The number of aliphatic imine (C=N–C) groups is 1. The first kappa shape index (κ1) is 26.6. The van der Waals surface area contributed by atoms with Crippen molar-refractivity contribution >= 4 is 11.5 Å². The number of ketones is 1. The highest BCUT2D eigenvalue weighted by Gasteiger charge is 2.31. The maximum atomic E-state index is 13.3. The Bertz CT molecular complexity index is 965. The molecular formula is C30H41NO2. The smallest absolute Gasteiger partial charge is 0.232 e. The first-order chi connectivity index (χ1) is 15.9. The van der Waals surface area contributed by atoms with E-state index in [0.717, 1.165) is 47.8 Å². The quantitative estimate of drug-likeness (QED) is 0.185. The van der Waals surface area contributed by atoms with Gasteiger partial charge in [-0.1, -0.05) is 82.9 Å². The predicted molar refractivity (Wildman–Crippen MR) is 142 cm³/mol. The van der Waals surface area contributed by atoms with Crippen molar-refractivity contribution in [3.05, 3.63) is 76.6 Å². The lowest BCUT2D eigenvalue weighted by Gasteiger charge is -2.18. The lowest BCUT2D eigenvalue weighted by molar-refractivity contribution is 0.101. The molecule has 1 aliphatic heterocycles. The summed E-state index contributed by atoms with van der Waals surface area (Å²) in [5.74, 6) is 1.77. The summed E-state index contributed by atoms with van der Waals surface area (Å²) in [5, 5.41) is 0. The van der Waals surface area contributed by atoms with Gasteiger partial charge in [-0.3, -0.25) is 9.79 Å². The molecule has 0 bridgehead atoms. The van der Waals surface area contributed by atoms with E-state index in [1.807, 2.05) is 32.1 Å². The molecule has 0 fully saturated rings. The number of hydrogen-bond acceptors (Lipinski definition) is 3. The third-order valence-electron chi connectivity index (χ3n) is 6.34. The van der Waals surface area contributed by atoms with Crippen molar-refractivity contribution < 1.29 is 9.53 Å². The molecule has 0 atom stereocenters. The van der Waals surface area contributed by atoms with E-state index in [0.29, 0.717) is 11.3 Å². The number of hydrogen-bond donors (Lipinski definition) is 0. The van der Waals surface area contributed by atoms with Crippen LogP contribution in [-0.4, -0.2) is 18.5 Å². The number of allylic oxidation sites excluding steroid dienone is 7. The average Bonchev–Trinajstić information content (AvgIpc) is 3.12. The second kappa shape index (κ2) is 13.1. The van der Waals surface area contributed by atoms with Gasteiger partial charge in [0.1, 0.15) is 5.75 Å². The van der Waals surface area contributed by atoms with E-state index in [9.17, 15) is 4.79 Å². The van der Waals surface area contributed by atoms with E-state index in [1.54, 1.807) is 19.2 Å². The summed E-state index contributed by atoms with van der Waals surface area (Å²) < 4.78 is 6.28. The fourth-order valence-corrected chi connectivity index (χ4v) is 4.61. The number of carbonyl (C=O) groups is 1. The Morgan fingerprint density at radius 3 is 2.36 bits per heavy atom. The molecule has 0 aromatic heterocycles. The van der Waals surface area contributed by atoms with E-state index < -0.39 is 0 Å². The van der Waals surface area contributed by atoms with Crippen molar-refractivity contribution in [2.45, 2.75) is 79.6 Å². The first-order valence-electron chi connectivity index (χ1n) is 12.4. The zero-order chi connectivity index (χ0) is 24.4. The Kier molecular flexibility index (Phi) is 10.6. The second-order valence-electron chi connectivity index (χ2n) is 8.97. The average molecular weight is 448 g/mol. The number of ether oxygens (including phenoxy) is 1. The van der Waals surface area contributed by atoms with Gasteiger partial charge < -0.3 is 4.74 Å². The van der Waals surface area contributed by atoms with E-state index in [1.165, 1.54) is 36.8 Å². The highest BCUT2D eigenvalue weighted by Crippen LogP contribution is 2.38. The summed E-state index contributed by atoms with van der Waals surface area (Å²) in [7, 11) is 1.74. The summed E-state index contributed by atoms with van der Waals surface area (Å²) in [5.41, 5.74) is 5.96. The Labute approximate surface area is 201 Å². The van der Waals surface area contributed by atoms with E-state index >= 15 is 0 Å². The summed E-state index contributed by atoms with van der Waals surface area (Å²) >= 11 is 0. The normalized spacial score (nSPS) is 14.8. The van der Waals surface area contributed by atoms with E-state index in [-0.39, 0.29) is 5.78 Å². The maximum absolute atomic E-state index is 13.3. The fourth-order valence-electron chi connectivity index (χ4n) is 4.61. The summed E-state index contributed by atoms with van der Waals surface area (Å²) in [6.45, 7) is 14.5. The van der Waals surface area contributed by atoms with Crippen molar-refractivity contribution in [1.29, 1.82) is 0 Å². The Balaban J connectivity index is 2.42. The van der Waals surface area contributed by atoms with Crippen LogP contribution in [0.4, 0.5) is 0 Å². The number of rotatable bonds is 12. The first-order valence-corrected chi connectivity index (χ1v) is 12.4. The fraction of sp³-hybridized carbons (Fsp3) is 0.467. The highest BCUT2D eigenvalue weighted by atomic mass is 16.5. The molecule has 1 aromatic carbocycles. The van der Waals surface area contributed by atoms with Gasteiger partial charge in [-0.25, -0.2) is 0 Å². The van der Waals surface area contributed by atoms with Crippen LogP contribution in [0.25, 0.3) is 0 Å². The molecular weight excluding hydrogens is 406 g/mol. The number of aryl methyl sites for hydroxylation is 1. The lowest BCUT2D eigenvalue weighted by Crippen LogP contribution is -2.06. The second-order valence-corrected chi connectivity index (χ2v) is 8.97. The summed E-state index contributed by atoms with van der Waals surface area (Å²) in [4.78, 5) is 17.7. The van der Waals surface area contributed by atoms with Crippen LogP contribution in [0.1, 0.15) is 88.2 Å². The van der Waals surface area contributed by atoms with Crippen molar-refractivity contribution in [3.8, 4) is 5.75 Å². The van der Waals surface area contributed by atoms with Crippen LogP contribution < -0.4 is 4.74 Å². The molecule has 1 aromatic rings. The molecule has 1 heterocycles. The number of nitrogens with zero attached hydrogens (tertiary/aromatic N) is 1. The molecule has 178 valence electrons. The molecule has 0 saturated heterocycles. The van der Waals surface area contributed by atoms with Crippen LogP contribution in [0.3, 0.4) is 0 Å². The van der Waals surface area contributed by atoms with Gasteiger partial charge >= 0.3 is 0 Å². The van der Waals surface area contributed by atoms with Crippen LogP contribution >= 0.6 is 0 Å². The zero-order valence-corrected chi connectivity index (χ0v) is 21.5. The molecule has 1 aliphatic rings. The zero-order valence-electron chi connectivity index (χ0n) is 21.5. The van der Waals surface area contributed by atoms with Crippen LogP contribution in [0.2, 0.25) is 0 Å². The third-order valence-corrected chi connectivity index (χ3v) is 6.34. The number of benzene rings is 1. The summed E-state index contributed by atoms with van der Waals surface area (Å²) in [6.07, 6.45) is 15.3. The van der Waals surface area contributed by atoms with Crippen LogP contribution in [0, 0.1) is 5.92 Å². The number of Topliss-reactive ketones (excluding diaryl/α,β-unsaturated/α-hetero) is 1. The van der Waals surface area contributed by atoms with Gasteiger partial charge in [0.05, 0.1) is 11.3 Å². The topological polar surface area (TPSA) is 38.7 Å². The van der Waals surface area contributed by atoms with Gasteiger partial charge in [-0.2, -0.15) is 0 Å². The van der Waals surface area contributed by atoms with Crippen LogP contribution in [0.5, 0.6) is 5.75 Å². The van der Waals surface area contributed by atoms with Crippen LogP contribution in [0.15, 0.2) is 64.9 Å². The minimum Gasteiger partial charge on any atom is -0.452 e. The minimum atomic E-state index is -0.0606. The number of fused-ring (bicyclic) bond motifs is 1. The Morgan fingerprint density at radius 1 is 1.12 bits per heavy atom. The van der Waals surface area contributed by atoms with E-state index in [2.05, 4.69) is 38.4 Å². The van der Waals surface area contributed by atoms with E-state index in [4.69, 9.17) is 4.74 Å². The molecule has 3 heteroatoms. The molecule has 0 radical (unpaired) electrons. The summed E-state index contributed by atoms with van der Waals surface area (Å²) in [6, 6.07) is 4.04. The standard InChI is InChI=1S/C30H41NO2/c1-8-12-15-24(21(5)6)27(31-7)20-28-29(32)26-19-17-23(11-4)25(30(26)33-28)18-16-22(13-9-2)14-10-3/h8,12,15,17,19-20,22H,1,9-11,13-14,16,18H2,2-7H3/b15-12-,28-20-,31-27?. The molecule has 3 nitrogen and oxygen atoms in total. The van der Waals surface area contributed by atoms with Crippen molar-refractivity contribution in [3.63, 3.8) is 0 Å². The van der Waals surface area contributed by atoms with Gasteiger partial charge in [0.2, 0.25) is 5.78 Å². The van der Waals surface area contributed by atoms with Crippen LogP contribution in [-0.2, 0) is 12.8 Å². The molecule has 33 heavy (non-hydrogen) atoms. The largest absolute Gasteiger partial charge is 0.452 e. The van der Waals surface area contributed by atoms with Crippen molar-refractivity contribution in [2.24, 2.45) is 10.9 Å². The molecule has 0 spiro atoms. The Morgan fingerprint density at radius 2 is 1.82 bits per heavy atom. The monoisotopic (exact) mass is 447 g/mol. The molecule has 0 aliphatic carbocycles. The Hall–Kier alpha value is -2.68. The molecule has 0 unspecified atom stereocenters. The number of carbonyl (C=O) groups excluding carboxylic acids is 1.